The van der Waals surface area contributed by atoms with Gasteiger partial charge in [0.1, 0.15) is 5.52 Å². The number of anilines is 3. The third-order valence-corrected chi connectivity index (χ3v) is 5.96. The number of rotatable bonds is 5. The van der Waals surface area contributed by atoms with E-state index in [2.05, 4.69) is 35.9 Å². The van der Waals surface area contributed by atoms with Crippen LogP contribution in [0.5, 0.6) is 0 Å². The van der Waals surface area contributed by atoms with E-state index in [-0.39, 0.29) is 10.7 Å². The van der Waals surface area contributed by atoms with E-state index in [0.29, 0.717) is 16.9 Å². The zero-order chi connectivity index (χ0) is 19.6. The Morgan fingerprint density at radius 1 is 0.750 bits per heavy atom. The molecule has 3 aromatic carbocycles. The molecule has 0 aliphatic carbocycles. The van der Waals surface area contributed by atoms with E-state index in [1.165, 1.54) is 12.1 Å². The van der Waals surface area contributed by atoms with Crippen LogP contribution in [0, 0.1) is 0 Å². The quantitative estimate of drug-likeness (QED) is 0.446. The highest BCUT2D eigenvalue weighted by molar-refractivity contribution is 9.10. The summed E-state index contributed by atoms with van der Waals surface area (Å²) in [5.41, 5.74) is 1.96. The van der Waals surface area contributed by atoms with Crippen LogP contribution in [0.1, 0.15) is 0 Å². The normalized spacial score (nSPS) is 11.3. The van der Waals surface area contributed by atoms with Crippen molar-refractivity contribution in [3.63, 3.8) is 0 Å². The van der Waals surface area contributed by atoms with E-state index < -0.39 is 10.0 Å². The lowest BCUT2D eigenvalue weighted by molar-refractivity contribution is 0.601. The van der Waals surface area contributed by atoms with Crippen molar-refractivity contribution in [3.8, 4) is 0 Å². The second-order valence-corrected chi connectivity index (χ2v) is 8.47. The first kappa shape index (κ1) is 18.4. The van der Waals surface area contributed by atoms with Crippen LogP contribution >= 0.6 is 15.9 Å². The van der Waals surface area contributed by atoms with Gasteiger partial charge in [-0.05, 0) is 52.3 Å². The molecule has 6 nitrogen and oxygen atoms in total. The zero-order valence-corrected chi connectivity index (χ0v) is 16.9. The molecular weight excluding hydrogens is 440 g/mol. The van der Waals surface area contributed by atoms with Crippen LogP contribution in [0.2, 0.25) is 0 Å². The maximum Gasteiger partial charge on any atom is 0.263 e. The first-order valence-electron chi connectivity index (χ1n) is 8.39. The van der Waals surface area contributed by atoms with Gasteiger partial charge >= 0.3 is 0 Å². The third kappa shape index (κ3) is 3.83. The summed E-state index contributed by atoms with van der Waals surface area (Å²) in [5, 5.41) is 3.14. The molecule has 0 aliphatic rings. The first-order chi connectivity index (χ1) is 13.5. The summed E-state index contributed by atoms with van der Waals surface area (Å²) in [6, 6.07) is 23.0. The molecule has 1 aromatic heterocycles. The number of hydrogen-bond donors (Lipinski definition) is 2. The van der Waals surface area contributed by atoms with Gasteiger partial charge in [-0.2, -0.15) is 0 Å². The lowest BCUT2D eigenvalue weighted by Gasteiger charge is -2.14. The molecule has 0 spiro atoms. The number of nitrogens with one attached hydrogen (secondary N) is 2. The number of aromatic nitrogens is 2. The molecule has 2 N–H and O–H groups in total. The number of para-hydroxylation sites is 2. The summed E-state index contributed by atoms with van der Waals surface area (Å²) >= 11 is 3.47. The van der Waals surface area contributed by atoms with Crippen LogP contribution in [0.4, 0.5) is 17.3 Å². The topological polar surface area (TPSA) is 84.0 Å². The van der Waals surface area contributed by atoms with Crippen LogP contribution in [0.15, 0.2) is 88.2 Å². The molecule has 140 valence electrons. The fourth-order valence-electron chi connectivity index (χ4n) is 2.65. The molecule has 0 aliphatic heterocycles. The minimum atomic E-state index is -3.81. The standard InChI is InChI=1S/C20H15BrN4O2S/c21-16-12-7-13-17-18(16)24-19(22-14-8-3-1-4-9-14)20(23-17)25-28(26,27)15-10-5-2-6-11-15/h1-13H,(H,22,24)(H,23,25). The molecule has 0 bridgehead atoms. The summed E-state index contributed by atoms with van der Waals surface area (Å²) in [7, 11) is -3.81. The first-order valence-corrected chi connectivity index (χ1v) is 10.7. The predicted molar refractivity (Wildman–Crippen MR) is 114 cm³/mol. The van der Waals surface area contributed by atoms with Crippen LogP contribution in [-0.2, 0) is 10.0 Å². The van der Waals surface area contributed by atoms with Gasteiger partial charge in [0.25, 0.3) is 10.0 Å². The monoisotopic (exact) mass is 454 g/mol. The van der Waals surface area contributed by atoms with Gasteiger partial charge in [0, 0.05) is 10.2 Å². The van der Waals surface area contributed by atoms with Crippen molar-refractivity contribution in [1.82, 2.24) is 9.97 Å². The maximum atomic E-state index is 12.8. The van der Waals surface area contributed by atoms with Gasteiger partial charge in [0.2, 0.25) is 0 Å². The Hall–Kier alpha value is -2.97. The van der Waals surface area contributed by atoms with Crippen LogP contribution in [-0.4, -0.2) is 18.4 Å². The molecule has 0 saturated carbocycles. The van der Waals surface area contributed by atoms with Crippen LogP contribution in [0.3, 0.4) is 0 Å². The number of sulfonamides is 1. The molecule has 8 heteroatoms. The number of hydrogen-bond acceptors (Lipinski definition) is 5. The van der Waals surface area contributed by atoms with Gasteiger partial charge < -0.3 is 5.32 Å². The largest absolute Gasteiger partial charge is 0.337 e. The highest BCUT2D eigenvalue weighted by Crippen LogP contribution is 2.29. The SMILES string of the molecule is O=S(=O)(Nc1nc2cccc(Br)c2nc1Nc1ccccc1)c1ccccc1. The summed E-state index contributed by atoms with van der Waals surface area (Å²) < 4.78 is 28.9. The summed E-state index contributed by atoms with van der Waals surface area (Å²) in [6.45, 7) is 0. The Bertz CT molecular complexity index is 1230. The summed E-state index contributed by atoms with van der Waals surface area (Å²) in [6.07, 6.45) is 0. The van der Waals surface area contributed by atoms with Gasteiger partial charge in [-0.25, -0.2) is 18.4 Å². The number of fused-ring (bicyclic) bond motifs is 1. The number of benzene rings is 3. The highest BCUT2D eigenvalue weighted by atomic mass is 79.9. The lowest BCUT2D eigenvalue weighted by atomic mass is 10.3. The smallest absolute Gasteiger partial charge is 0.263 e. The molecule has 0 saturated heterocycles. The summed E-state index contributed by atoms with van der Waals surface area (Å²) in [4.78, 5) is 9.25. The molecular formula is C20H15BrN4O2S. The van der Waals surface area contributed by atoms with Gasteiger partial charge in [0.05, 0.1) is 10.4 Å². The van der Waals surface area contributed by atoms with Crippen molar-refractivity contribution < 1.29 is 8.42 Å². The van der Waals surface area contributed by atoms with Crippen LogP contribution in [0.25, 0.3) is 11.0 Å². The third-order valence-electron chi connectivity index (χ3n) is 3.97. The molecule has 0 unspecified atom stereocenters. The van der Waals surface area contributed by atoms with E-state index in [1.807, 2.05) is 42.5 Å². The van der Waals surface area contributed by atoms with Crippen molar-refractivity contribution in [3.05, 3.63) is 83.3 Å². The Balaban J connectivity index is 1.82. The minimum Gasteiger partial charge on any atom is -0.337 e. The molecule has 0 radical (unpaired) electrons. The lowest BCUT2D eigenvalue weighted by Crippen LogP contribution is -2.16. The van der Waals surface area contributed by atoms with Gasteiger partial charge in [-0.3, -0.25) is 4.72 Å². The zero-order valence-electron chi connectivity index (χ0n) is 14.5. The molecule has 28 heavy (non-hydrogen) atoms. The van der Waals surface area contributed by atoms with Gasteiger partial charge in [-0.1, -0.05) is 42.5 Å². The number of nitrogens with zero attached hydrogens (tertiary/aromatic N) is 2. The fourth-order valence-corrected chi connectivity index (χ4v) is 4.12. The molecule has 0 amide bonds. The van der Waals surface area contributed by atoms with Crippen molar-refractivity contribution in [2.24, 2.45) is 0 Å². The molecule has 0 fully saturated rings. The van der Waals surface area contributed by atoms with Crippen molar-refractivity contribution >= 4 is 54.3 Å². The van der Waals surface area contributed by atoms with E-state index in [9.17, 15) is 8.42 Å². The van der Waals surface area contributed by atoms with E-state index in [4.69, 9.17) is 0 Å². The van der Waals surface area contributed by atoms with E-state index in [0.717, 1.165) is 10.2 Å². The Labute approximate surface area is 170 Å². The second kappa shape index (κ2) is 7.57. The molecule has 4 rings (SSSR count). The molecule has 4 aromatic rings. The minimum absolute atomic E-state index is 0.123. The highest BCUT2D eigenvalue weighted by Gasteiger charge is 2.19. The molecule has 1 heterocycles. The average molecular weight is 455 g/mol. The van der Waals surface area contributed by atoms with E-state index >= 15 is 0 Å². The Morgan fingerprint density at radius 2 is 1.43 bits per heavy atom. The van der Waals surface area contributed by atoms with E-state index in [1.54, 1.807) is 24.3 Å². The Kier molecular flexibility index (Phi) is 4.97. The van der Waals surface area contributed by atoms with Crippen LogP contribution < -0.4 is 10.0 Å². The molecule has 0 atom stereocenters. The predicted octanol–water partition coefficient (Wildman–Crippen LogP) is 4.94. The van der Waals surface area contributed by atoms with Gasteiger partial charge in [-0.15, -0.1) is 0 Å². The average Bonchev–Trinajstić information content (AvgIpc) is 2.70. The Morgan fingerprint density at radius 3 is 2.14 bits per heavy atom. The van der Waals surface area contributed by atoms with Crippen molar-refractivity contribution in [2.45, 2.75) is 4.90 Å². The van der Waals surface area contributed by atoms with Gasteiger partial charge in [0.15, 0.2) is 11.6 Å². The van der Waals surface area contributed by atoms with Crippen molar-refractivity contribution in [2.75, 3.05) is 10.0 Å². The van der Waals surface area contributed by atoms with Crippen molar-refractivity contribution in [1.29, 1.82) is 0 Å². The fraction of sp³-hybridized carbons (Fsp3) is 0. The second-order valence-electron chi connectivity index (χ2n) is 5.94. The summed E-state index contributed by atoms with van der Waals surface area (Å²) in [5.74, 6) is 0.434. The maximum absolute atomic E-state index is 12.8. The number of halogens is 1.